The molecule has 120 valence electrons. The fraction of sp³-hybridized carbons (Fsp3) is 0.143. The van der Waals surface area contributed by atoms with E-state index in [-0.39, 0.29) is 5.89 Å². The van der Waals surface area contributed by atoms with Gasteiger partial charge in [0, 0.05) is 18.0 Å². The van der Waals surface area contributed by atoms with E-state index in [1.807, 2.05) is 0 Å². The highest BCUT2D eigenvalue weighted by Gasteiger charge is 2.16. The van der Waals surface area contributed by atoms with Gasteiger partial charge in [0.1, 0.15) is 11.2 Å². The largest absolute Gasteiger partial charge is 0.350 e. The Bertz CT molecular complexity index is 1020. The summed E-state index contributed by atoms with van der Waals surface area (Å²) in [6, 6.07) is 5.04. The Labute approximate surface area is 134 Å². The molecule has 1 aromatic carbocycles. The zero-order valence-electron chi connectivity index (χ0n) is 12.4. The Morgan fingerprint density at radius 2 is 2.00 bits per heavy atom. The molecule has 4 rings (SSSR count). The van der Waals surface area contributed by atoms with Crippen molar-refractivity contribution in [2.24, 2.45) is 0 Å². The molecule has 24 heavy (non-hydrogen) atoms. The lowest BCUT2D eigenvalue weighted by Gasteiger charge is -2.02. The van der Waals surface area contributed by atoms with Crippen molar-refractivity contribution in [2.45, 2.75) is 13.3 Å². The Kier molecular flexibility index (Phi) is 3.25. The average Bonchev–Trinajstić information content (AvgIpc) is 3.21. The van der Waals surface area contributed by atoms with Crippen LogP contribution in [0.3, 0.4) is 0 Å². The third-order valence-corrected chi connectivity index (χ3v) is 3.46. The number of nitrogens with zero attached hydrogens (tertiary/aromatic N) is 7. The minimum absolute atomic E-state index is 0.269. The highest BCUT2D eigenvalue weighted by atomic mass is 16.5. The molecule has 0 amide bonds. The maximum atomic E-state index is 9.22. The molecule has 0 aliphatic rings. The van der Waals surface area contributed by atoms with Crippen molar-refractivity contribution < 1.29 is 14.7 Å². The molecule has 3 aromatic heterocycles. The van der Waals surface area contributed by atoms with Crippen LogP contribution in [-0.4, -0.2) is 45.3 Å². The van der Waals surface area contributed by atoms with E-state index >= 15 is 0 Å². The molecule has 0 saturated heterocycles. The van der Waals surface area contributed by atoms with E-state index in [4.69, 9.17) is 4.52 Å². The second kappa shape index (κ2) is 5.44. The second-order valence-electron chi connectivity index (χ2n) is 5.00. The van der Waals surface area contributed by atoms with Crippen LogP contribution in [0.15, 0.2) is 35.1 Å². The van der Waals surface area contributed by atoms with E-state index < -0.39 is 6.41 Å². The quantitative estimate of drug-likeness (QED) is 0.521. The predicted octanol–water partition coefficient (Wildman–Crippen LogP) is 0.687. The molecule has 0 unspecified atom stereocenters. The fourth-order valence-corrected chi connectivity index (χ4v) is 2.31. The Hall–Kier alpha value is -3.24. The van der Waals surface area contributed by atoms with Crippen molar-refractivity contribution in [3.05, 3.63) is 36.3 Å². The number of aromatic nitrogens is 7. The second-order valence-corrected chi connectivity index (χ2v) is 5.00. The number of aliphatic hydroxyl groups excluding tert-OH is 1. The number of aliphatic hydroxyl groups is 2. The van der Waals surface area contributed by atoms with Gasteiger partial charge in [-0.3, -0.25) is 4.98 Å². The Balaban J connectivity index is 1.75. The van der Waals surface area contributed by atoms with E-state index in [1.54, 1.807) is 37.5 Å². The summed E-state index contributed by atoms with van der Waals surface area (Å²) in [4.78, 5) is 12.7. The normalized spacial score (nSPS) is 11.5. The smallest absolute Gasteiger partial charge is 0.278 e. The minimum atomic E-state index is -1.75. The van der Waals surface area contributed by atoms with Crippen LogP contribution in [0, 0.1) is 6.92 Å². The Morgan fingerprint density at radius 3 is 2.79 bits per heavy atom. The van der Waals surface area contributed by atoms with Crippen molar-refractivity contribution in [2.75, 3.05) is 0 Å². The van der Waals surface area contributed by atoms with E-state index in [0.29, 0.717) is 33.8 Å². The van der Waals surface area contributed by atoms with Gasteiger partial charge in [-0.2, -0.15) is 9.67 Å². The standard InChI is InChI=1S/C14H11N7O3/c1-7-11(16-5-4-15-7)13-17-12(19-24-13)8-2-3-10-9(6-8)18-20-21(10)14(22)23/h2-6,14,22-23H,1H3. The van der Waals surface area contributed by atoms with Crippen LogP contribution in [-0.2, 0) is 0 Å². The van der Waals surface area contributed by atoms with Gasteiger partial charge in [-0.25, -0.2) is 4.98 Å². The fourth-order valence-electron chi connectivity index (χ4n) is 2.31. The van der Waals surface area contributed by atoms with Crippen molar-refractivity contribution >= 4 is 11.0 Å². The molecule has 0 aliphatic carbocycles. The lowest BCUT2D eigenvalue weighted by Crippen LogP contribution is -2.08. The summed E-state index contributed by atoms with van der Waals surface area (Å²) < 4.78 is 6.25. The number of rotatable bonds is 3. The predicted molar refractivity (Wildman–Crippen MR) is 80.1 cm³/mol. The van der Waals surface area contributed by atoms with Crippen molar-refractivity contribution in [1.82, 2.24) is 35.1 Å². The number of hydrogen-bond donors (Lipinski definition) is 2. The molecule has 4 aromatic rings. The molecule has 0 spiro atoms. The topological polar surface area (TPSA) is 136 Å². The van der Waals surface area contributed by atoms with Crippen molar-refractivity contribution in [3.63, 3.8) is 0 Å². The van der Waals surface area contributed by atoms with Crippen molar-refractivity contribution in [3.8, 4) is 23.0 Å². The number of fused-ring (bicyclic) bond motifs is 1. The summed E-state index contributed by atoms with van der Waals surface area (Å²) in [5.41, 5.74) is 2.80. The van der Waals surface area contributed by atoms with Crippen LogP contribution in [0.4, 0.5) is 0 Å². The molecule has 0 atom stereocenters. The van der Waals surface area contributed by atoms with Gasteiger partial charge in [0.2, 0.25) is 5.82 Å². The minimum Gasteiger partial charge on any atom is -0.350 e. The average molecular weight is 325 g/mol. The van der Waals surface area contributed by atoms with Gasteiger partial charge in [0.15, 0.2) is 0 Å². The summed E-state index contributed by atoms with van der Waals surface area (Å²) in [5.74, 6) is 0.626. The molecular formula is C14H11N7O3. The molecule has 0 aliphatic heterocycles. The SMILES string of the molecule is Cc1nccnc1-c1nc(-c2ccc3c(c2)nnn3C(O)O)no1. The maximum absolute atomic E-state index is 9.22. The molecule has 0 saturated carbocycles. The van der Waals surface area contributed by atoms with E-state index in [2.05, 4.69) is 30.4 Å². The summed E-state index contributed by atoms with van der Waals surface area (Å²) in [5, 5.41) is 29.9. The highest BCUT2D eigenvalue weighted by molar-refractivity contribution is 5.80. The molecule has 10 nitrogen and oxygen atoms in total. The van der Waals surface area contributed by atoms with Gasteiger partial charge in [-0.05, 0) is 25.1 Å². The van der Waals surface area contributed by atoms with Crippen molar-refractivity contribution in [1.29, 1.82) is 0 Å². The molecule has 10 heteroatoms. The molecule has 3 heterocycles. The van der Waals surface area contributed by atoms with Crippen LogP contribution in [0.1, 0.15) is 12.1 Å². The van der Waals surface area contributed by atoms with Gasteiger partial charge in [-0.1, -0.05) is 10.4 Å². The summed E-state index contributed by atoms with van der Waals surface area (Å²) in [7, 11) is 0. The summed E-state index contributed by atoms with van der Waals surface area (Å²) in [6.07, 6.45) is 1.39. The van der Waals surface area contributed by atoms with Crippen LogP contribution < -0.4 is 0 Å². The molecule has 2 N–H and O–H groups in total. The number of hydrogen-bond acceptors (Lipinski definition) is 9. The highest BCUT2D eigenvalue weighted by Crippen LogP contribution is 2.25. The van der Waals surface area contributed by atoms with Gasteiger partial charge in [0.05, 0.1) is 11.2 Å². The molecule has 0 bridgehead atoms. The van der Waals surface area contributed by atoms with Crippen LogP contribution in [0.2, 0.25) is 0 Å². The van der Waals surface area contributed by atoms with Crippen LogP contribution in [0.5, 0.6) is 0 Å². The third kappa shape index (κ3) is 2.30. The Morgan fingerprint density at radius 1 is 1.17 bits per heavy atom. The van der Waals surface area contributed by atoms with Gasteiger partial charge >= 0.3 is 0 Å². The number of aryl methyl sites for hydroxylation is 1. The van der Waals surface area contributed by atoms with Gasteiger partial charge in [-0.15, -0.1) is 5.10 Å². The third-order valence-electron chi connectivity index (χ3n) is 3.46. The van der Waals surface area contributed by atoms with E-state index in [0.717, 1.165) is 4.68 Å². The first kappa shape index (κ1) is 14.4. The first-order valence-electron chi connectivity index (χ1n) is 6.96. The zero-order valence-corrected chi connectivity index (χ0v) is 12.4. The zero-order chi connectivity index (χ0) is 16.7. The van der Waals surface area contributed by atoms with E-state index in [9.17, 15) is 10.2 Å². The van der Waals surface area contributed by atoms with Gasteiger partial charge in [0.25, 0.3) is 12.3 Å². The summed E-state index contributed by atoms with van der Waals surface area (Å²) >= 11 is 0. The summed E-state index contributed by atoms with van der Waals surface area (Å²) in [6.45, 7) is 1.80. The van der Waals surface area contributed by atoms with Crippen LogP contribution in [0.25, 0.3) is 34.0 Å². The monoisotopic (exact) mass is 325 g/mol. The molecule has 0 radical (unpaired) electrons. The first-order chi connectivity index (χ1) is 11.6. The molecular weight excluding hydrogens is 314 g/mol. The molecule has 0 fully saturated rings. The lowest BCUT2D eigenvalue weighted by molar-refractivity contribution is -0.108. The first-order valence-corrected chi connectivity index (χ1v) is 6.96. The van der Waals surface area contributed by atoms with E-state index in [1.165, 1.54) is 0 Å². The number of benzene rings is 1. The van der Waals surface area contributed by atoms with Crippen LogP contribution >= 0.6 is 0 Å². The lowest BCUT2D eigenvalue weighted by atomic mass is 10.2. The maximum Gasteiger partial charge on any atom is 0.278 e. The van der Waals surface area contributed by atoms with Gasteiger partial charge < -0.3 is 14.7 Å².